The Labute approximate surface area is 81.3 Å². The molecule has 0 bridgehead atoms. The van der Waals surface area contributed by atoms with E-state index in [1.807, 2.05) is 11.6 Å². The lowest BCUT2D eigenvalue weighted by Crippen LogP contribution is -2.08. The van der Waals surface area contributed by atoms with E-state index in [0.29, 0.717) is 12.3 Å². The molecule has 0 aromatic carbocycles. The summed E-state index contributed by atoms with van der Waals surface area (Å²) in [7, 11) is 1.91. The first-order chi connectivity index (χ1) is 6.29. The highest BCUT2D eigenvalue weighted by Crippen LogP contribution is 2.14. The van der Waals surface area contributed by atoms with Gasteiger partial charge in [-0.3, -0.25) is 0 Å². The molecule has 6 heteroatoms. The zero-order valence-electron chi connectivity index (χ0n) is 7.60. The molecule has 0 atom stereocenters. The maximum absolute atomic E-state index is 8.63. The van der Waals surface area contributed by atoms with Crippen LogP contribution in [0.25, 0.3) is 0 Å². The van der Waals surface area contributed by atoms with Crippen LogP contribution >= 0.6 is 11.8 Å². The van der Waals surface area contributed by atoms with Crippen LogP contribution in [0.1, 0.15) is 5.82 Å². The second-order valence-electron chi connectivity index (χ2n) is 2.57. The van der Waals surface area contributed by atoms with Crippen LogP contribution in [0.5, 0.6) is 0 Å². The molecule has 1 heterocycles. The number of rotatable bonds is 5. The van der Waals surface area contributed by atoms with Gasteiger partial charge in [-0.1, -0.05) is 11.8 Å². The minimum absolute atomic E-state index is 0.156. The second kappa shape index (κ2) is 5.21. The molecule has 0 aliphatic carbocycles. The molecule has 74 valence electrons. The fourth-order valence-electron chi connectivity index (χ4n) is 0.954. The highest BCUT2D eigenvalue weighted by Gasteiger charge is 2.07. The Morgan fingerprint density at radius 2 is 2.31 bits per heavy atom. The third-order valence-electron chi connectivity index (χ3n) is 1.62. The topological polar surface area (TPSA) is 77.0 Å². The first-order valence-electron chi connectivity index (χ1n) is 4.11. The summed E-state index contributed by atoms with van der Waals surface area (Å²) in [6.45, 7) is 0.736. The van der Waals surface area contributed by atoms with Crippen molar-refractivity contribution < 1.29 is 5.11 Å². The van der Waals surface area contributed by atoms with Crippen molar-refractivity contribution in [1.82, 2.24) is 14.8 Å². The molecule has 3 N–H and O–H groups in total. The van der Waals surface area contributed by atoms with Gasteiger partial charge in [-0.15, -0.1) is 10.2 Å². The van der Waals surface area contributed by atoms with E-state index in [-0.39, 0.29) is 6.61 Å². The standard InChI is InChI=1S/C7H14N4OS/c1-11-6(2-3-8)9-10-7(11)13-5-4-12/h12H,2-5,8H2,1H3. The summed E-state index contributed by atoms with van der Waals surface area (Å²) < 4.78 is 1.91. The number of nitrogens with zero attached hydrogens (tertiary/aromatic N) is 3. The van der Waals surface area contributed by atoms with Gasteiger partial charge in [-0.05, 0) is 6.54 Å². The molecule has 1 aromatic rings. The maximum atomic E-state index is 8.63. The van der Waals surface area contributed by atoms with Gasteiger partial charge in [0.2, 0.25) is 0 Å². The highest BCUT2D eigenvalue weighted by molar-refractivity contribution is 7.99. The van der Waals surface area contributed by atoms with E-state index in [1.54, 1.807) is 0 Å². The number of thioether (sulfide) groups is 1. The summed E-state index contributed by atoms with van der Waals surface area (Å²) >= 11 is 1.49. The average Bonchev–Trinajstić information content (AvgIpc) is 2.46. The predicted molar refractivity (Wildman–Crippen MR) is 51.6 cm³/mol. The van der Waals surface area contributed by atoms with Gasteiger partial charge < -0.3 is 15.4 Å². The molecule has 1 aromatic heterocycles. The summed E-state index contributed by atoms with van der Waals surface area (Å²) in [5.74, 6) is 1.54. The van der Waals surface area contributed by atoms with Crippen LogP contribution in [0.2, 0.25) is 0 Å². The first kappa shape index (κ1) is 10.5. The SMILES string of the molecule is Cn1c(CCN)nnc1SCCO. The first-order valence-corrected chi connectivity index (χ1v) is 5.10. The minimum atomic E-state index is 0.156. The summed E-state index contributed by atoms with van der Waals surface area (Å²) in [5.41, 5.74) is 5.41. The molecule has 0 amide bonds. The molecule has 0 aliphatic rings. The molecule has 0 spiro atoms. The quantitative estimate of drug-likeness (QED) is 0.624. The number of aliphatic hydroxyl groups excluding tert-OH is 1. The summed E-state index contributed by atoms with van der Waals surface area (Å²) in [6.07, 6.45) is 0.739. The Balaban J connectivity index is 2.62. The Bertz CT molecular complexity index is 263. The van der Waals surface area contributed by atoms with E-state index in [2.05, 4.69) is 10.2 Å². The Hall–Kier alpha value is -0.590. The molecule has 13 heavy (non-hydrogen) atoms. The Kier molecular flexibility index (Phi) is 4.20. The molecule has 1 rings (SSSR count). The monoisotopic (exact) mass is 202 g/mol. The second-order valence-corrected chi connectivity index (χ2v) is 3.63. The van der Waals surface area contributed by atoms with E-state index in [4.69, 9.17) is 10.8 Å². The summed E-state index contributed by atoms with van der Waals surface area (Å²) in [5, 5.41) is 17.4. The van der Waals surface area contributed by atoms with Crippen LogP contribution in [0.3, 0.4) is 0 Å². The predicted octanol–water partition coefficient (Wildman–Crippen LogP) is -0.599. The van der Waals surface area contributed by atoms with E-state index in [0.717, 1.165) is 17.4 Å². The third-order valence-corrected chi connectivity index (χ3v) is 2.62. The molecule has 5 nitrogen and oxygen atoms in total. The van der Waals surface area contributed by atoms with Gasteiger partial charge in [-0.2, -0.15) is 0 Å². The lowest BCUT2D eigenvalue weighted by molar-refractivity contribution is 0.322. The number of hydrogen-bond acceptors (Lipinski definition) is 5. The molecule has 0 aliphatic heterocycles. The lowest BCUT2D eigenvalue weighted by Gasteiger charge is -2.00. The molecule has 0 saturated heterocycles. The van der Waals surface area contributed by atoms with Crippen molar-refractivity contribution >= 4 is 11.8 Å². The van der Waals surface area contributed by atoms with Crippen LogP contribution in [0, 0.1) is 0 Å². The van der Waals surface area contributed by atoms with E-state index >= 15 is 0 Å². The smallest absolute Gasteiger partial charge is 0.191 e. The van der Waals surface area contributed by atoms with Crippen molar-refractivity contribution in [2.45, 2.75) is 11.6 Å². The fourth-order valence-corrected chi connectivity index (χ4v) is 1.63. The lowest BCUT2D eigenvalue weighted by atomic mass is 10.4. The normalized spacial score (nSPS) is 10.7. The van der Waals surface area contributed by atoms with Crippen molar-refractivity contribution in [3.63, 3.8) is 0 Å². The molecule has 0 fully saturated rings. The third kappa shape index (κ3) is 2.68. The van der Waals surface area contributed by atoms with Crippen LogP contribution in [0.15, 0.2) is 5.16 Å². The Morgan fingerprint density at radius 3 is 2.92 bits per heavy atom. The van der Waals surface area contributed by atoms with Gasteiger partial charge in [0.25, 0.3) is 0 Å². The van der Waals surface area contributed by atoms with Crippen molar-refractivity contribution in [2.75, 3.05) is 18.9 Å². The minimum Gasteiger partial charge on any atom is -0.396 e. The van der Waals surface area contributed by atoms with Gasteiger partial charge in [0.05, 0.1) is 6.61 Å². The molecular weight excluding hydrogens is 188 g/mol. The zero-order chi connectivity index (χ0) is 9.68. The zero-order valence-corrected chi connectivity index (χ0v) is 8.42. The summed E-state index contributed by atoms with van der Waals surface area (Å²) in [6, 6.07) is 0. The van der Waals surface area contributed by atoms with Crippen LogP contribution in [0.4, 0.5) is 0 Å². The van der Waals surface area contributed by atoms with Crippen molar-refractivity contribution in [1.29, 1.82) is 0 Å². The Morgan fingerprint density at radius 1 is 1.54 bits per heavy atom. The average molecular weight is 202 g/mol. The van der Waals surface area contributed by atoms with Crippen LogP contribution in [-0.4, -0.2) is 38.8 Å². The van der Waals surface area contributed by atoms with E-state index in [9.17, 15) is 0 Å². The summed E-state index contributed by atoms with van der Waals surface area (Å²) in [4.78, 5) is 0. The number of aromatic nitrogens is 3. The van der Waals surface area contributed by atoms with Crippen molar-refractivity contribution in [2.24, 2.45) is 12.8 Å². The number of aliphatic hydroxyl groups is 1. The van der Waals surface area contributed by atoms with Crippen molar-refractivity contribution in [3.05, 3.63) is 5.82 Å². The maximum Gasteiger partial charge on any atom is 0.191 e. The molecule has 0 radical (unpaired) electrons. The highest BCUT2D eigenvalue weighted by atomic mass is 32.2. The van der Waals surface area contributed by atoms with E-state index < -0.39 is 0 Å². The van der Waals surface area contributed by atoms with Crippen molar-refractivity contribution in [3.8, 4) is 0 Å². The van der Waals surface area contributed by atoms with Gasteiger partial charge in [0.1, 0.15) is 5.82 Å². The van der Waals surface area contributed by atoms with Gasteiger partial charge in [-0.25, -0.2) is 0 Å². The van der Waals surface area contributed by atoms with Crippen LogP contribution in [-0.2, 0) is 13.5 Å². The van der Waals surface area contributed by atoms with Gasteiger partial charge in [0, 0.05) is 19.2 Å². The van der Waals surface area contributed by atoms with Gasteiger partial charge in [0.15, 0.2) is 5.16 Å². The largest absolute Gasteiger partial charge is 0.396 e. The number of hydrogen-bond donors (Lipinski definition) is 2. The fraction of sp³-hybridized carbons (Fsp3) is 0.714. The van der Waals surface area contributed by atoms with Crippen LogP contribution < -0.4 is 5.73 Å². The molecule has 0 saturated carbocycles. The molecule has 0 unspecified atom stereocenters. The van der Waals surface area contributed by atoms with E-state index in [1.165, 1.54) is 11.8 Å². The molecular formula is C7H14N4OS. The number of nitrogens with two attached hydrogens (primary N) is 1. The van der Waals surface area contributed by atoms with Gasteiger partial charge >= 0.3 is 0 Å².